The van der Waals surface area contributed by atoms with Crippen LogP contribution in [0.2, 0.25) is 0 Å². The molecule has 16 heavy (non-hydrogen) atoms. The third-order valence-corrected chi connectivity index (χ3v) is 2.35. The van der Waals surface area contributed by atoms with Gasteiger partial charge in [0, 0.05) is 13.2 Å². The molecule has 3 nitrogen and oxygen atoms in total. The Morgan fingerprint density at radius 1 is 0.938 bits per heavy atom. The Morgan fingerprint density at radius 2 is 1.38 bits per heavy atom. The monoisotopic (exact) mass is 229 g/mol. The number of hydrogen-bond acceptors (Lipinski definition) is 3. The fourth-order valence-electron chi connectivity index (χ4n) is 1.48. The summed E-state index contributed by atoms with van der Waals surface area (Å²) in [6.45, 7) is 6.16. The maximum absolute atomic E-state index is 8.35. The third-order valence-electron chi connectivity index (χ3n) is 2.35. The van der Waals surface area contributed by atoms with Crippen molar-refractivity contribution >= 4 is 6.08 Å². The van der Waals surface area contributed by atoms with Crippen LogP contribution in [0.3, 0.4) is 0 Å². The predicted molar refractivity (Wildman–Crippen MR) is 67.5 cm³/mol. The van der Waals surface area contributed by atoms with Gasteiger partial charge in [-0.15, -0.1) is 0 Å². The molecule has 0 atom stereocenters. The molecule has 0 heterocycles. The maximum atomic E-state index is 8.35. The molecule has 1 N–H and O–H groups in total. The Labute approximate surface area is 100 Å². The lowest BCUT2D eigenvalue weighted by Gasteiger charge is -2.01. The smallest absolute Gasteiger partial charge is 0.231 e. The van der Waals surface area contributed by atoms with Crippen LogP contribution in [0.15, 0.2) is 0 Å². The van der Waals surface area contributed by atoms with Crippen LogP contribution in [0.1, 0.15) is 65.2 Å². The number of carbonyl (C=O) groups excluding carboxylic acids is 1. The maximum Gasteiger partial charge on any atom is 0.231 e. The van der Waals surface area contributed by atoms with Gasteiger partial charge in [-0.2, -0.15) is 0 Å². The van der Waals surface area contributed by atoms with E-state index in [1.54, 1.807) is 0 Å². The van der Waals surface area contributed by atoms with Crippen molar-refractivity contribution in [2.75, 3.05) is 13.2 Å². The van der Waals surface area contributed by atoms with Crippen molar-refractivity contribution < 1.29 is 9.53 Å². The summed E-state index contributed by atoms with van der Waals surface area (Å²) >= 11 is 0. The molecule has 3 heteroatoms. The molecule has 0 aliphatic carbocycles. The minimum absolute atomic E-state index is 0.750. The fraction of sp³-hybridized carbons (Fsp3) is 0.923. The first-order valence-corrected chi connectivity index (χ1v) is 6.45. The molecule has 0 bridgehead atoms. The molecule has 0 radical (unpaired) electrons. The highest BCUT2D eigenvalue weighted by Gasteiger charge is 1.90. The molecule has 0 fully saturated rings. The summed E-state index contributed by atoms with van der Waals surface area (Å²) < 4.78 is 5.28. The quantitative estimate of drug-likeness (QED) is 0.349. The van der Waals surface area contributed by atoms with Crippen molar-refractivity contribution in [2.45, 2.75) is 65.2 Å². The summed E-state index contributed by atoms with van der Waals surface area (Å²) in [7, 11) is 0. The second-order valence-corrected chi connectivity index (χ2v) is 3.77. The topological polar surface area (TPSA) is 50.1 Å². The molecule has 0 aromatic carbocycles. The standard InChI is InChI=1S/C12H26O.CHNO/c1-3-5-6-7-8-9-10-11-12-13-4-2;2-1-3/h3-12H2,1-2H3;2H. The van der Waals surface area contributed by atoms with Crippen molar-refractivity contribution in [3.63, 3.8) is 0 Å². The summed E-state index contributed by atoms with van der Waals surface area (Å²) in [6, 6.07) is 0. The Morgan fingerprint density at radius 3 is 1.81 bits per heavy atom. The van der Waals surface area contributed by atoms with E-state index in [2.05, 4.69) is 13.8 Å². The molecule has 0 aliphatic rings. The molecule has 0 aliphatic heterocycles. The summed E-state index contributed by atoms with van der Waals surface area (Å²) in [5.74, 6) is 0. The molecule has 0 aromatic heterocycles. The Kier molecular flexibility index (Phi) is 22.0. The highest BCUT2D eigenvalue weighted by atomic mass is 16.5. The molecular formula is C13H27NO2. The molecule has 0 aromatic rings. The van der Waals surface area contributed by atoms with E-state index in [0.29, 0.717) is 0 Å². The minimum atomic E-state index is 0.750. The Bertz CT molecular complexity index is 133. The van der Waals surface area contributed by atoms with E-state index in [-0.39, 0.29) is 0 Å². The van der Waals surface area contributed by atoms with E-state index in [1.165, 1.54) is 51.4 Å². The molecule has 0 unspecified atom stereocenters. The van der Waals surface area contributed by atoms with Crippen molar-refractivity contribution in [2.24, 2.45) is 0 Å². The van der Waals surface area contributed by atoms with Crippen LogP contribution in [0.25, 0.3) is 0 Å². The molecule has 0 saturated carbocycles. The molecular weight excluding hydrogens is 202 g/mol. The summed E-state index contributed by atoms with van der Waals surface area (Å²) in [5, 5.41) is 5.40. The van der Waals surface area contributed by atoms with Crippen molar-refractivity contribution in [3.8, 4) is 0 Å². The Balaban J connectivity index is 0. The zero-order valence-electron chi connectivity index (χ0n) is 10.9. The number of unbranched alkanes of at least 4 members (excludes halogenated alkanes) is 7. The van der Waals surface area contributed by atoms with E-state index < -0.39 is 0 Å². The predicted octanol–water partition coefficient (Wildman–Crippen LogP) is 4.06. The van der Waals surface area contributed by atoms with Gasteiger partial charge < -0.3 is 4.74 Å². The highest BCUT2D eigenvalue weighted by Crippen LogP contribution is 2.08. The van der Waals surface area contributed by atoms with E-state index in [1.807, 2.05) is 0 Å². The second kappa shape index (κ2) is 19.8. The lowest BCUT2D eigenvalue weighted by atomic mass is 10.1. The molecule has 96 valence electrons. The molecule has 0 saturated heterocycles. The summed E-state index contributed by atoms with van der Waals surface area (Å²) in [4.78, 5) is 8.35. The lowest BCUT2D eigenvalue weighted by molar-refractivity contribution is 0.143. The highest BCUT2D eigenvalue weighted by molar-refractivity contribution is 5.26. The van der Waals surface area contributed by atoms with E-state index in [0.717, 1.165) is 19.3 Å². The number of isocyanates is 1. The molecule has 0 rings (SSSR count). The number of ether oxygens (including phenoxy) is 1. The number of hydrogen-bond donors (Lipinski definition) is 1. The number of nitrogens with one attached hydrogen (secondary N) is 1. The zero-order chi connectivity index (χ0) is 12.5. The van der Waals surface area contributed by atoms with Gasteiger partial charge in [-0.25, -0.2) is 10.2 Å². The van der Waals surface area contributed by atoms with Crippen molar-refractivity contribution in [1.29, 1.82) is 5.41 Å². The minimum Gasteiger partial charge on any atom is -0.382 e. The second-order valence-electron chi connectivity index (χ2n) is 3.77. The normalized spacial score (nSPS) is 9.12. The first-order valence-electron chi connectivity index (χ1n) is 6.45. The van der Waals surface area contributed by atoms with Crippen LogP contribution >= 0.6 is 0 Å². The van der Waals surface area contributed by atoms with Gasteiger partial charge in [0.15, 0.2) is 0 Å². The SMILES string of the molecule is CCCCCCCCCCOCC.N=C=O. The van der Waals surface area contributed by atoms with Crippen LogP contribution in [-0.2, 0) is 9.53 Å². The van der Waals surface area contributed by atoms with E-state index >= 15 is 0 Å². The first-order chi connectivity index (χ1) is 7.83. The van der Waals surface area contributed by atoms with Crippen LogP contribution in [0.4, 0.5) is 0 Å². The van der Waals surface area contributed by atoms with Crippen LogP contribution in [-0.4, -0.2) is 19.3 Å². The average Bonchev–Trinajstić information content (AvgIpc) is 2.28. The molecule has 0 spiro atoms. The van der Waals surface area contributed by atoms with Crippen LogP contribution in [0, 0.1) is 5.41 Å². The van der Waals surface area contributed by atoms with E-state index in [9.17, 15) is 0 Å². The van der Waals surface area contributed by atoms with Crippen molar-refractivity contribution in [1.82, 2.24) is 0 Å². The van der Waals surface area contributed by atoms with Gasteiger partial charge in [0.05, 0.1) is 0 Å². The van der Waals surface area contributed by atoms with Gasteiger partial charge in [0.25, 0.3) is 0 Å². The average molecular weight is 229 g/mol. The fourth-order valence-corrected chi connectivity index (χ4v) is 1.48. The molecule has 0 amide bonds. The van der Waals surface area contributed by atoms with Gasteiger partial charge in [-0.3, -0.25) is 0 Å². The van der Waals surface area contributed by atoms with Gasteiger partial charge >= 0.3 is 0 Å². The van der Waals surface area contributed by atoms with Gasteiger partial charge in [-0.05, 0) is 13.3 Å². The van der Waals surface area contributed by atoms with E-state index in [4.69, 9.17) is 14.9 Å². The third kappa shape index (κ3) is 23.3. The Hall–Kier alpha value is -0.660. The lowest BCUT2D eigenvalue weighted by Crippen LogP contribution is -1.92. The van der Waals surface area contributed by atoms with Crippen LogP contribution < -0.4 is 0 Å². The van der Waals surface area contributed by atoms with Gasteiger partial charge in [0.2, 0.25) is 6.08 Å². The first kappa shape index (κ1) is 17.7. The summed E-state index contributed by atoms with van der Waals surface area (Å²) in [6.07, 6.45) is 11.8. The van der Waals surface area contributed by atoms with Crippen molar-refractivity contribution in [3.05, 3.63) is 0 Å². The summed E-state index contributed by atoms with van der Waals surface area (Å²) in [5.41, 5.74) is 0. The van der Waals surface area contributed by atoms with Gasteiger partial charge in [-0.1, -0.05) is 51.9 Å². The van der Waals surface area contributed by atoms with Gasteiger partial charge in [0.1, 0.15) is 0 Å². The van der Waals surface area contributed by atoms with Crippen LogP contribution in [0.5, 0.6) is 0 Å². The zero-order valence-corrected chi connectivity index (χ0v) is 10.9. The largest absolute Gasteiger partial charge is 0.382 e. The number of rotatable bonds is 10.